The molecular weight excluding hydrogens is 371 g/mol. The highest BCUT2D eigenvalue weighted by Gasteiger charge is 2.32. The fourth-order valence-electron chi connectivity index (χ4n) is 2.66. The minimum Gasteiger partial charge on any atom is -0.495 e. The molecule has 1 aliphatic carbocycles. The molecule has 0 spiro atoms. The van der Waals surface area contributed by atoms with Gasteiger partial charge in [-0.15, -0.1) is 0 Å². The van der Waals surface area contributed by atoms with Gasteiger partial charge in [-0.05, 0) is 61.7 Å². The number of hydrogen-bond donors (Lipinski definition) is 1. The summed E-state index contributed by atoms with van der Waals surface area (Å²) in [6.45, 7) is 1.36. The van der Waals surface area contributed by atoms with Gasteiger partial charge in [0.15, 0.2) is 0 Å². The lowest BCUT2D eigenvalue weighted by atomic mass is 10.2. The Balaban J connectivity index is 2.03. The fraction of sp³-hybridized carbons (Fsp3) is 0.316. The Bertz CT molecular complexity index is 941. The van der Waals surface area contributed by atoms with Crippen molar-refractivity contribution >= 4 is 21.6 Å². The molecule has 0 bridgehead atoms. The maximum atomic E-state index is 13.4. The van der Waals surface area contributed by atoms with E-state index >= 15 is 0 Å². The smallest absolute Gasteiger partial charge is 0.268 e. The Morgan fingerprint density at radius 3 is 2.48 bits per heavy atom. The molecule has 6 nitrogen and oxygen atoms in total. The lowest BCUT2D eigenvalue weighted by molar-refractivity contribution is -0.119. The van der Waals surface area contributed by atoms with E-state index in [4.69, 9.17) is 4.74 Å². The van der Waals surface area contributed by atoms with Gasteiger partial charge in [0.2, 0.25) is 5.91 Å². The SMILES string of the molecule is COc1ccc(C)cc1S(=O)(=O)N(CC(=O)NC1CC1)c1ccc(F)cc1. The van der Waals surface area contributed by atoms with Crippen molar-refractivity contribution in [1.29, 1.82) is 0 Å². The molecule has 144 valence electrons. The van der Waals surface area contributed by atoms with Gasteiger partial charge in [-0.25, -0.2) is 12.8 Å². The number of carbonyl (C=O) groups excluding carboxylic acids is 1. The first-order valence-corrected chi connectivity index (χ1v) is 9.97. The van der Waals surface area contributed by atoms with Crippen LogP contribution >= 0.6 is 0 Å². The Morgan fingerprint density at radius 1 is 1.22 bits per heavy atom. The number of ether oxygens (including phenoxy) is 1. The van der Waals surface area contributed by atoms with E-state index < -0.39 is 28.3 Å². The van der Waals surface area contributed by atoms with Crippen LogP contribution in [0.4, 0.5) is 10.1 Å². The largest absolute Gasteiger partial charge is 0.495 e. The maximum absolute atomic E-state index is 13.4. The number of amides is 1. The number of sulfonamides is 1. The second kappa shape index (κ2) is 7.56. The number of hydrogen-bond acceptors (Lipinski definition) is 4. The molecular formula is C19H21FN2O4S. The summed E-state index contributed by atoms with van der Waals surface area (Å²) in [6.07, 6.45) is 1.78. The van der Waals surface area contributed by atoms with E-state index in [0.717, 1.165) is 34.8 Å². The average molecular weight is 392 g/mol. The van der Waals surface area contributed by atoms with E-state index in [-0.39, 0.29) is 22.4 Å². The Labute approximate surface area is 158 Å². The van der Waals surface area contributed by atoms with Crippen molar-refractivity contribution in [1.82, 2.24) is 5.32 Å². The zero-order valence-electron chi connectivity index (χ0n) is 15.1. The van der Waals surface area contributed by atoms with E-state index in [1.54, 1.807) is 19.1 Å². The summed E-state index contributed by atoms with van der Waals surface area (Å²) in [5.74, 6) is -0.723. The number of methoxy groups -OCH3 is 1. The van der Waals surface area contributed by atoms with Gasteiger partial charge in [0.05, 0.1) is 12.8 Å². The lowest BCUT2D eigenvalue weighted by Crippen LogP contribution is -2.41. The highest BCUT2D eigenvalue weighted by atomic mass is 32.2. The predicted molar refractivity (Wildman–Crippen MR) is 99.8 cm³/mol. The number of halogens is 1. The molecule has 8 heteroatoms. The first kappa shape index (κ1) is 19.2. The summed E-state index contributed by atoms with van der Waals surface area (Å²) >= 11 is 0. The average Bonchev–Trinajstić information content (AvgIpc) is 3.44. The molecule has 27 heavy (non-hydrogen) atoms. The summed E-state index contributed by atoms with van der Waals surface area (Å²) in [4.78, 5) is 12.3. The van der Waals surface area contributed by atoms with Crippen LogP contribution in [0, 0.1) is 12.7 Å². The van der Waals surface area contributed by atoms with Gasteiger partial charge in [0, 0.05) is 6.04 Å². The van der Waals surface area contributed by atoms with E-state index in [1.807, 2.05) is 0 Å². The van der Waals surface area contributed by atoms with Crippen molar-refractivity contribution in [3.63, 3.8) is 0 Å². The van der Waals surface area contributed by atoms with Crippen LogP contribution in [-0.4, -0.2) is 34.0 Å². The van der Waals surface area contributed by atoms with Gasteiger partial charge in [-0.2, -0.15) is 0 Å². The summed E-state index contributed by atoms with van der Waals surface area (Å²) < 4.78 is 46.2. The molecule has 1 saturated carbocycles. The highest BCUT2D eigenvalue weighted by molar-refractivity contribution is 7.93. The molecule has 2 aromatic carbocycles. The molecule has 1 amide bonds. The van der Waals surface area contributed by atoms with E-state index in [1.165, 1.54) is 25.3 Å². The predicted octanol–water partition coefficient (Wildman–Crippen LogP) is 2.62. The molecule has 0 heterocycles. The van der Waals surface area contributed by atoms with Crippen molar-refractivity contribution in [2.24, 2.45) is 0 Å². The van der Waals surface area contributed by atoms with Crippen molar-refractivity contribution in [2.75, 3.05) is 18.0 Å². The van der Waals surface area contributed by atoms with Crippen molar-refractivity contribution < 1.29 is 22.3 Å². The van der Waals surface area contributed by atoms with Gasteiger partial charge in [0.1, 0.15) is 23.0 Å². The number of benzene rings is 2. The van der Waals surface area contributed by atoms with Crippen molar-refractivity contribution in [3.05, 3.63) is 53.8 Å². The van der Waals surface area contributed by atoms with Crippen LogP contribution < -0.4 is 14.4 Å². The number of carbonyl (C=O) groups is 1. The van der Waals surface area contributed by atoms with Crippen LogP contribution in [0.2, 0.25) is 0 Å². The zero-order chi connectivity index (χ0) is 19.6. The minimum absolute atomic E-state index is 0.0476. The molecule has 0 atom stereocenters. The van der Waals surface area contributed by atoms with Crippen LogP contribution in [0.1, 0.15) is 18.4 Å². The normalized spacial score (nSPS) is 13.9. The molecule has 2 aromatic rings. The van der Waals surface area contributed by atoms with Crippen molar-refractivity contribution in [2.45, 2.75) is 30.7 Å². The number of anilines is 1. The maximum Gasteiger partial charge on any atom is 0.268 e. The quantitative estimate of drug-likeness (QED) is 0.786. The third-order valence-corrected chi connectivity index (χ3v) is 6.03. The minimum atomic E-state index is -4.12. The Hall–Kier alpha value is -2.61. The number of nitrogens with one attached hydrogen (secondary N) is 1. The second-order valence-electron chi connectivity index (χ2n) is 6.48. The monoisotopic (exact) mass is 392 g/mol. The third kappa shape index (κ3) is 4.39. The van der Waals surface area contributed by atoms with Crippen LogP contribution in [0.15, 0.2) is 47.4 Å². The number of rotatable bonds is 7. The Kier molecular flexibility index (Phi) is 5.36. The summed E-state index contributed by atoms with van der Waals surface area (Å²) in [7, 11) is -2.74. The van der Waals surface area contributed by atoms with Gasteiger partial charge < -0.3 is 10.1 Å². The molecule has 0 radical (unpaired) electrons. The van der Waals surface area contributed by atoms with Crippen LogP contribution in [0.3, 0.4) is 0 Å². The van der Waals surface area contributed by atoms with Crippen LogP contribution in [0.5, 0.6) is 5.75 Å². The molecule has 1 fully saturated rings. The molecule has 0 aliphatic heterocycles. The van der Waals surface area contributed by atoms with E-state index in [2.05, 4.69) is 5.32 Å². The van der Waals surface area contributed by atoms with Gasteiger partial charge in [-0.3, -0.25) is 9.10 Å². The molecule has 1 N–H and O–H groups in total. The topological polar surface area (TPSA) is 75.7 Å². The summed E-state index contributed by atoms with van der Waals surface area (Å²) in [6, 6.07) is 9.87. The molecule has 0 unspecified atom stereocenters. The second-order valence-corrected chi connectivity index (χ2v) is 8.31. The number of aryl methyl sites for hydroxylation is 1. The first-order chi connectivity index (χ1) is 12.8. The van der Waals surface area contributed by atoms with Crippen LogP contribution in [-0.2, 0) is 14.8 Å². The van der Waals surface area contributed by atoms with Gasteiger partial charge >= 0.3 is 0 Å². The molecule has 0 saturated heterocycles. The standard InChI is InChI=1S/C19H21FN2O4S/c1-13-3-10-17(26-2)18(11-13)27(24,25)22(12-19(23)21-15-6-7-15)16-8-4-14(20)5-9-16/h3-5,8-11,15H,6-7,12H2,1-2H3,(H,21,23). The summed E-state index contributed by atoms with van der Waals surface area (Å²) in [5, 5.41) is 2.78. The van der Waals surface area contributed by atoms with E-state index in [0.29, 0.717) is 0 Å². The van der Waals surface area contributed by atoms with Crippen LogP contribution in [0.25, 0.3) is 0 Å². The zero-order valence-corrected chi connectivity index (χ0v) is 15.9. The highest BCUT2D eigenvalue weighted by Crippen LogP contribution is 2.31. The Morgan fingerprint density at radius 2 is 1.89 bits per heavy atom. The lowest BCUT2D eigenvalue weighted by Gasteiger charge is -2.25. The fourth-order valence-corrected chi connectivity index (χ4v) is 4.32. The van der Waals surface area contributed by atoms with Gasteiger partial charge in [0.25, 0.3) is 10.0 Å². The number of nitrogens with zero attached hydrogens (tertiary/aromatic N) is 1. The van der Waals surface area contributed by atoms with E-state index in [9.17, 15) is 17.6 Å². The third-order valence-electron chi connectivity index (χ3n) is 4.23. The summed E-state index contributed by atoms with van der Waals surface area (Å²) in [5.41, 5.74) is 0.932. The molecule has 0 aromatic heterocycles. The van der Waals surface area contributed by atoms with Gasteiger partial charge in [-0.1, -0.05) is 6.07 Å². The molecule has 1 aliphatic rings. The first-order valence-electron chi connectivity index (χ1n) is 8.53. The molecule has 3 rings (SSSR count). The van der Waals surface area contributed by atoms with Crippen molar-refractivity contribution in [3.8, 4) is 5.75 Å².